The molecule has 0 radical (unpaired) electrons. The van der Waals surface area contributed by atoms with Crippen molar-refractivity contribution < 1.29 is 4.79 Å². The summed E-state index contributed by atoms with van der Waals surface area (Å²) in [7, 11) is 0. The molecule has 0 unspecified atom stereocenters. The quantitative estimate of drug-likeness (QED) is 0.314. The van der Waals surface area contributed by atoms with Crippen molar-refractivity contribution >= 4 is 29.1 Å². The number of hydrogen-bond acceptors (Lipinski definition) is 5. The van der Waals surface area contributed by atoms with Crippen LogP contribution in [0.2, 0.25) is 5.02 Å². The third-order valence-corrected chi connectivity index (χ3v) is 5.61. The Bertz CT molecular complexity index is 1140. The van der Waals surface area contributed by atoms with Crippen molar-refractivity contribution in [2.75, 3.05) is 5.75 Å². The fourth-order valence-electron chi connectivity index (χ4n) is 2.93. The molecule has 0 aliphatic rings. The molecule has 0 spiro atoms. The summed E-state index contributed by atoms with van der Waals surface area (Å²) in [6, 6.07) is 18.7. The van der Waals surface area contributed by atoms with Gasteiger partial charge in [0.2, 0.25) is 0 Å². The summed E-state index contributed by atoms with van der Waals surface area (Å²) >= 11 is 7.28. The van der Waals surface area contributed by atoms with Gasteiger partial charge in [-0.25, -0.2) is 0 Å². The summed E-state index contributed by atoms with van der Waals surface area (Å²) in [5.74, 6) is 0.974. The molecule has 0 N–H and O–H groups in total. The standard InChI is InChI=1S/C22H17ClN4OS/c1-15-4-2-3-5-19(15)27-21(17-10-12-24-13-11-17)25-26-22(27)29-14-20(28)16-6-8-18(23)9-7-16/h2-13H,14H2,1H3. The lowest BCUT2D eigenvalue weighted by Crippen LogP contribution is -2.05. The van der Waals surface area contributed by atoms with Gasteiger partial charge >= 0.3 is 0 Å². The number of thioether (sulfide) groups is 1. The van der Waals surface area contributed by atoms with E-state index in [-0.39, 0.29) is 11.5 Å². The number of rotatable bonds is 6. The van der Waals surface area contributed by atoms with Crippen LogP contribution in [0.4, 0.5) is 0 Å². The molecule has 29 heavy (non-hydrogen) atoms. The number of aromatic nitrogens is 4. The molecule has 0 saturated carbocycles. The topological polar surface area (TPSA) is 60.7 Å². The molecule has 0 atom stereocenters. The SMILES string of the molecule is Cc1ccccc1-n1c(SCC(=O)c2ccc(Cl)cc2)nnc1-c1ccncc1. The number of benzene rings is 2. The van der Waals surface area contributed by atoms with Crippen LogP contribution in [0.3, 0.4) is 0 Å². The Kier molecular flexibility index (Phi) is 5.74. The normalized spacial score (nSPS) is 10.8. The summed E-state index contributed by atoms with van der Waals surface area (Å²) in [6.07, 6.45) is 3.45. The third-order valence-electron chi connectivity index (χ3n) is 4.43. The van der Waals surface area contributed by atoms with Crippen LogP contribution < -0.4 is 0 Å². The van der Waals surface area contributed by atoms with Crippen LogP contribution in [0.15, 0.2) is 78.2 Å². The summed E-state index contributed by atoms with van der Waals surface area (Å²) in [5.41, 5.74) is 3.60. The van der Waals surface area contributed by atoms with E-state index < -0.39 is 0 Å². The Hall–Kier alpha value is -2.96. The van der Waals surface area contributed by atoms with E-state index in [1.54, 1.807) is 36.7 Å². The fourth-order valence-corrected chi connectivity index (χ4v) is 3.90. The molecule has 0 saturated heterocycles. The summed E-state index contributed by atoms with van der Waals surface area (Å²) in [4.78, 5) is 16.7. The molecule has 2 aromatic carbocycles. The molecule has 144 valence electrons. The highest BCUT2D eigenvalue weighted by Crippen LogP contribution is 2.29. The molecule has 0 aliphatic carbocycles. The zero-order chi connectivity index (χ0) is 20.2. The second-order valence-corrected chi connectivity index (χ2v) is 7.76. The molecule has 2 aromatic heterocycles. The number of nitrogens with zero attached hydrogens (tertiary/aromatic N) is 4. The molecule has 4 aromatic rings. The predicted molar refractivity (Wildman–Crippen MR) is 116 cm³/mol. The minimum Gasteiger partial charge on any atom is -0.293 e. The number of Topliss-reactive ketones (excluding diaryl/α,β-unsaturated/α-hetero) is 1. The van der Waals surface area contributed by atoms with Crippen LogP contribution in [-0.2, 0) is 0 Å². The Morgan fingerprint density at radius 3 is 2.45 bits per heavy atom. The van der Waals surface area contributed by atoms with E-state index in [4.69, 9.17) is 11.6 Å². The van der Waals surface area contributed by atoms with Crippen molar-refractivity contribution in [2.24, 2.45) is 0 Å². The lowest BCUT2D eigenvalue weighted by molar-refractivity contribution is 0.102. The number of carbonyl (C=O) groups excluding carboxylic acids is 1. The van der Waals surface area contributed by atoms with Crippen LogP contribution >= 0.6 is 23.4 Å². The highest BCUT2D eigenvalue weighted by Gasteiger charge is 2.18. The van der Waals surface area contributed by atoms with E-state index >= 15 is 0 Å². The molecule has 4 rings (SSSR count). The first kappa shape index (κ1) is 19.4. The average molecular weight is 421 g/mol. The number of aryl methyl sites for hydroxylation is 1. The number of para-hydroxylation sites is 1. The smallest absolute Gasteiger partial charge is 0.196 e. The largest absolute Gasteiger partial charge is 0.293 e. The van der Waals surface area contributed by atoms with E-state index in [1.807, 2.05) is 47.9 Å². The maximum Gasteiger partial charge on any atom is 0.196 e. The Morgan fingerprint density at radius 1 is 1.00 bits per heavy atom. The van der Waals surface area contributed by atoms with Gasteiger partial charge in [0.1, 0.15) is 0 Å². The Morgan fingerprint density at radius 2 is 1.72 bits per heavy atom. The zero-order valence-corrected chi connectivity index (χ0v) is 17.2. The maximum absolute atomic E-state index is 12.6. The minimum absolute atomic E-state index is 0.0106. The highest BCUT2D eigenvalue weighted by molar-refractivity contribution is 7.99. The van der Waals surface area contributed by atoms with Gasteiger partial charge in [0.15, 0.2) is 16.8 Å². The summed E-state index contributed by atoms with van der Waals surface area (Å²) in [5, 5.41) is 10.0. The lowest BCUT2D eigenvalue weighted by Gasteiger charge is -2.12. The van der Waals surface area contributed by atoms with E-state index in [0.717, 1.165) is 16.8 Å². The van der Waals surface area contributed by atoms with Crippen molar-refractivity contribution in [2.45, 2.75) is 12.1 Å². The third kappa shape index (κ3) is 4.23. The van der Waals surface area contributed by atoms with Crippen molar-refractivity contribution in [3.63, 3.8) is 0 Å². The van der Waals surface area contributed by atoms with Gasteiger partial charge in [0.05, 0.1) is 11.4 Å². The molecule has 2 heterocycles. The zero-order valence-electron chi connectivity index (χ0n) is 15.6. The summed E-state index contributed by atoms with van der Waals surface area (Å²) < 4.78 is 1.99. The van der Waals surface area contributed by atoms with Crippen LogP contribution in [0.1, 0.15) is 15.9 Å². The van der Waals surface area contributed by atoms with Crippen LogP contribution in [0, 0.1) is 6.92 Å². The number of carbonyl (C=O) groups is 1. The fraction of sp³-hybridized carbons (Fsp3) is 0.0909. The van der Waals surface area contributed by atoms with E-state index in [0.29, 0.717) is 21.6 Å². The van der Waals surface area contributed by atoms with Gasteiger partial charge in [-0.3, -0.25) is 14.3 Å². The molecule has 7 heteroatoms. The van der Waals surface area contributed by atoms with E-state index in [9.17, 15) is 4.79 Å². The van der Waals surface area contributed by atoms with Gasteiger partial charge in [-0.1, -0.05) is 41.6 Å². The molecule has 0 aliphatic heterocycles. The van der Waals surface area contributed by atoms with Gasteiger partial charge in [0, 0.05) is 28.5 Å². The first-order chi connectivity index (χ1) is 14.1. The van der Waals surface area contributed by atoms with Gasteiger partial charge in [-0.15, -0.1) is 10.2 Å². The maximum atomic E-state index is 12.6. The van der Waals surface area contributed by atoms with Gasteiger partial charge in [-0.05, 0) is 55.0 Å². The highest BCUT2D eigenvalue weighted by atomic mass is 35.5. The van der Waals surface area contributed by atoms with Crippen molar-refractivity contribution in [1.82, 2.24) is 19.7 Å². The van der Waals surface area contributed by atoms with Crippen molar-refractivity contribution in [3.05, 3.63) is 89.2 Å². The van der Waals surface area contributed by atoms with Crippen LogP contribution in [0.25, 0.3) is 17.1 Å². The molecule has 0 bridgehead atoms. The first-order valence-electron chi connectivity index (χ1n) is 8.97. The van der Waals surface area contributed by atoms with Crippen LogP contribution in [-0.4, -0.2) is 31.3 Å². The lowest BCUT2D eigenvalue weighted by atomic mass is 10.1. The van der Waals surface area contributed by atoms with E-state index in [1.165, 1.54) is 11.8 Å². The monoisotopic (exact) mass is 420 g/mol. The van der Waals surface area contributed by atoms with Crippen molar-refractivity contribution in [1.29, 1.82) is 0 Å². The second-order valence-electron chi connectivity index (χ2n) is 6.38. The molecule has 0 fully saturated rings. The predicted octanol–water partition coefficient (Wildman–Crippen LogP) is 5.27. The van der Waals surface area contributed by atoms with E-state index in [2.05, 4.69) is 15.2 Å². The molecule has 0 amide bonds. The molecule has 5 nitrogen and oxygen atoms in total. The number of hydrogen-bond donors (Lipinski definition) is 0. The molecular formula is C22H17ClN4OS. The second kappa shape index (κ2) is 8.59. The van der Waals surface area contributed by atoms with Crippen molar-refractivity contribution in [3.8, 4) is 17.1 Å². The van der Waals surface area contributed by atoms with Crippen LogP contribution in [0.5, 0.6) is 0 Å². The molecular weight excluding hydrogens is 404 g/mol. The van der Waals surface area contributed by atoms with Gasteiger partial charge in [0.25, 0.3) is 0 Å². The number of halogens is 1. The van der Waals surface area contributed by atoms with Gasteiger partial charge < -0.3 is 0 Å². The minimum atomic E-state index is 0.0106. The average Bonchev–Trinajstić information content (AvgIpc) is 3.17. The first-order valence-corrected chi connectivity index (χ1v) is 10.3. The number of ketones is 1. The Balaban J connectivity index is 1.68. The van der Waals surface area contributed by atoms with Gasteiger partial charge in [-0.2, -0.15) is 0 Å². The summed E-state index contributed by atoms with van der Waals surface area (Å²) in [6.45, 7) is 2.04. The number of pyridine rings is 1. The Labute approximate surface area is 177 Å².